The molecule has 2 aliphatic rings. The fourth-order valence-electron chi connectivity index (χ4n) is 6.11. The first-order valence-corrected chi connectivity index (χ1v) is 16.4. The zero-order valence-corrected chi connectivity index (χ0v) is 27.4. The zero-order valence-electron chi connectivity index (χ0n) is 27.4. The molecule has 2 aromatic heterocycles. The second kappa shape index (κ2) is 16.0. The van der Waals surface area contributed by atoms with Crippen LogP contribution in [-0.2, 0) is 22.6 Å². The first-order chi connectivity index (χ1) is 22.3. The molecule has 2 atom stereocenters. The van der Waals surface area contributed by atoms with Gasteiger partial charge in [-0.25, -0.2) is 19.6 Å². The van der Waals surface area contributed by atoms with Gasteiger partial charge < -0.3 is 18.9 Å². The molecule has 4 heterocycles. The highest BCUT2D eigenvalue weighted by Crippen LogP contribution is 2.26. The van der Waals surface area contributed by atoms with Crippen LogP contribution in [0.15, 0.2) is 60.9 Å². The Bertz CT molecular complexity index is 1360. The molecule has 2 saturated heterocycles. The Morgan fingerprint density at radius 1 is 0.717 bits per heavy atom. The molecule has 0 amide bonds. The third-order valence-electron chi connectivity index (χ3n) is 8.25. The first kappa shape index (κ1) is 33.3. The molecule has 0 N–H and O–H groups in total. The van der Waals surface area contributed by atoms with Gasteiger partial charge in [0.25, 0.3) is 0 Å². The highest BCUT2D eigenvalue weighted by molar-refractivity contribution is 5.92. The van der Waals surface area contributed by atoms with Crippen LogP contribution in [0.4, 0.5) is 0 Å². The van der Waals surface area contributed by atoms with Crippen LogP contribution in [-0.4, -0.2) is 82.3 Å². The van der Waals surface area contributed by atoms with Crippen molar-refractivity contribution in [1.29, 1.82) is 0 Å². The maximum Gasteiger partial charge on any atom is 0.343 e. The van der Waals surface area contributed by atoms with Crippen molar-refractivity contribution in [3.05, 3.63) is 83.2 Å². The third kappa shape index (κ3) is 9.04. The predicted octanol–water partition coefficient (Wildman–Crippen LogP) is 5.69. The Kier molecular flexibility index (Phi) is 11.6. The van der Waals surface area contributed by atoms with Crippen LogP contribution in [0.5, 0.6) is 11.8 Å². The minimum atomic E-state index is -0.419. The van der Waals surface area contributed by atoms with Crippen molar-refractivity contribution >= 4 is 11.9 Å². The molecule has 2 unspecified atom stereocenters. The number of rotatable bonds is 14. The molecular formula is C36H46N4O6. The number of likely N-dealkylation sites (tertiary alicyclic amines) is 2. The SMILES string of the molecule is CC(C)OC(=O)c1cccnc1OCC1CCCN1Cc1cccc(CN2CCCC2COc2ncccc2C(=O)OC(C)C)c1. The summed E-state index contributed by atoms with van der Waals surface area (Å²) in [4.78, 5) is 38.6. The highest BCUT2D eigenvalue weighted by atomic mass is 16.6. The average molecular weight is 631 g/mol. The molecule has 2 aliphatic heterocycles. The Labute approximate surface area is 272 Å². The molecule has 10 heteroatoms. The summed E-state index contributed by atoms with van der Waals surface area (Å²) in [6.07, 6.45) is 7.09. The number of nitrogens with zero attached hydrogens (tertiary/aromatic N) is 4. The van der Waals surface area contributed by atoms with Gasteiger partial charge in [0.05, 0.1) is 12.2 Å². The first-order valence-electron chi connectivity index (χ1n) is 16.4. The van der Waals surface area contributed by atoms with Crippen molar-refractivity contribution in [3.63, 3.8) is 0 Å². The van der Waals surface area contributed by atoms with Gasteiger partial charge in [-0.3, -0.25) is 9.80 Å². The Morgan fingerprint density at radius 2 is 1.17 bits per heavy atom. The number of carbonyl (C=O) groups is 2. The molecule has 0 radical (unpaired) electrons. The van der Waals surface area contributed by atoms with Gasteiger partial charge >= 0.3 is 11.9 Å². The van der Waals surface area contributed by atoms with Crippen molar-refractivity contribution in [3.8, 4) is 11.8 Å². The van der Waals surface area contributed by atoms with Gasteiger partial charge in [0.1, 0.15) is 24.3 Å². The normalized spacial score (nSPS) is 18.7. The molecule has 0 aliphatic carbocycles. The molecule has 0 saturated carbocycles. The summed E-state index contributed by atoms with van der Waals surface area (Å²) >= 11 is 0. The van der Waals surface area contributed by atoms with Crippen LogP contribution in [0, 0.1) is 0 Å². The molecule has 10 nitrogen and oxygen atoms in total. The second-order valence-electron chi connectivity index (χ2n) is 12.6. The van der Waals surface area contributed by atoms with Gasteiger partial charge in [0.2, 0.25) is 11.8 Å². The van der Waals surface area contributed by atoms with Crippen molar-refractivity contribution in [2.45, 2.75) is 90.8 Å². The molecule has 46 heavy (non-hydrogen) atoms. The van der Waals surface area contributed by atoms with E-state index in [4.69, 9.17) is 18.9 Å². The lowest BCUT2D eigenvalue weighted by atomic mass is 10.1. The lowest BCUT2D eigenvalue weighted by Gasteiger charge is -2.26. The molecule has 2 fully saturated rings. The minimum absolute atomic E-state index is 0.215. The van der Waals surface area contributed by atoms with E-state index >= 15 is 0 Å². The van der Waals surface area contributed by atoms with Crippen molar-refractivity contribution in [1.82, 2.24) is 19.8 Å². The van der Waals surface area contributed by atoms with E-state index < -0.39 is 11.9 Å². The van der Waals surface area contributed by atoms with Crippen LogP contribution in [0.2, 0.25) is 0 Å². The van der Waals surface area contributed by atoms with E-state index in [0.29, 0.717) is 36.1 Å². The average Bonchev–Trinajstić information content (AvgIpc) is 3.67. The van der Waals surface area contributed by atoms with E-state index in [1.54, 1.807) is 36.7 Å². The second-order valence-corrected chi connectivity index (χ2v) is 12.6. The Balaban J connectivity index is 1.16. The summed E-state index contributed by atoms with van der Waals surface area (Å²) in [5.74, 6) is -0.197. The number of benzene rings is 1. The predicted molar refractivity (Wildman–Crippen MR) is 174 cm³/mol. The van der Waals surface area contributed by atoms with Gasteiger partial charge in [-0.1, -0.05) is 24.3 Å². The lowest BCUT2D eigenvalue weighted by Crippen LogP contribution is -2.34. The minimum Gasteiger partial charge on any atom is -0.475 e. The summed E-state index contributed by atoms with van der Waals surface area (Å²) in [6.45, 7) is 11.9. The van der Waals surface area contributed by atoms with Gasteiger partial charge in [-0.05, 0) is 102 Å². The molecule has 0 bridgehead atoms. The number of pyridine rings is 2. The largest absolute Gasteiger partial charge is 0.475 e. The highest BCUT2D eigenvalue weighted by Gasteiger charge is 2.28. The van der Waals surface area contributed by atoms with Crippen LogP contribution >= 0.6 is 0 Å². The molecular weight excluding hydrogens is 584 g/mol. The quantitative estimate of drug-likeness (QED) is 0.206. The van der Waals surface area contributed by atoms with Crippen LogP contribution in [0.25, 0.3) is 0 Å². The van der Waals surface area contributed by atoms with E-state index in [0.717, 1.165) is 51.9 Å². The summed E-state index contributed by atoms with van der Waals surface area (Å²) in [7, 11) is 0. The number of ether oxygens (including phenoxy) is 4. The standard InChI is InChI=1S/C36H46N4O6/c1-25(2)45-35(41)31-14-6-16-37-33(31)43-23-29-12-8-18-39(29)21-27-10-5-11-28(20-27)22-40-19-9-13-30(40)24-44-34-32(15-7-17-38-34)36(42)46-26(3)4/h5-7,10-11,14-17,20,25-26,29-30H,8-9,12-13,18-19,21-24H2,1-4H3. The number of carbonyl (C=O) groups excluding carboxylic acids is 2. The van der Waals surface area contributed by atoms with Gasteiger partial charge in [0, 0.05) is 37.6 Å². The molecule has 1 aromatic carbocycles. The topological polar surface area (TPSA) is 103 Å². The number of esters is 2. The third-order valence-corrected chi connectivity index (χ3v) is 8.25. The molecule has 3 aromatic rings. The molecule has 5 rings (SSSR count). The van der Waals surface area contributed by atoms with Crippen molar-refractivity contribution in [2.75, 3.05) is 26.3 Å². The van der Waals surface area contributed by atoms with Gasteiger partial charge in [-0.2, -0.15) is 0 Å². The lowest BCUT2D eigenvalue weighted by molar-refractivity contribution is 0.0359. The van der Waals surface area contributed by atoms with E-state index in [-0.39, 0.29) is 24.3 Å². The smallest absolute Gasteiger partial charge is 0.343 e. The van der Waals surface area contributed by atoms with Crippen molar-refractivity contribution < 1.29 is 28.5 Å². The summed E-state index contributed by atoms with van der Waals surface area (Å²) in [5, 5.41) is 0. The van der Waals surface area contributed by atoms with Crippen LogP contribution in [0.1, 0.15) is 85.2 Å². The van der Waals surface area contributed by atoms with Gasteiger partial charge in [0.15, 0.2) is 0 Å². The molecule has 246 valence electrons. The summed E-state index contributed by atoms with van der Waals surface area (Å²) < 4.78 is 23.0. The fourth-order valence-corrected chi connectivity index (χ4v) is 6.11. The fraction of sp³-hybridized carbons (Fsp3) is 0.500. The summed E-state index contributed by atoms with van der Waals surface area (Å²) in [5.41, 5.74) is 3.23. The number of aromatic nitrogens is 2. The van der Waals surface area contributed by atoms with Gasteiger partial charge in [-0.15, -0.1) is 0 Å². The van der Waals surface area contributed by atoms with E-state index in [9.17, 15) is 9.59 Å². The van der Waals surface area contributed by atoms with E-state index in [1.165, 1.54) is 11.1 Å². The maximum atomic E-state index is 12.5. The summed E-state index contributed by atoms with van der Waals surface area (Å²) in [6, 6.07) is 16.1. The van der Waals surface area contributed by atoms with Crippen LogP contribution < -0.4 is 9.47 Å². The Hall–Kier alpha value is -4.02. The zero-order chi connectivity index (χ0) is 32.5. The number of hydrogen-bond donors (Lipinski definition) is 0. The Morgan fingerprint density at radius 3 is 1.61 bits per heavy atom. The van der Waals surface area contributed by atoms with E-state index in [1.807, 2.05) is 27.7 Å². The molecule has 0 spiro atoms. The monoisotopic (exact) mass is 630 g/mol. The van der Waals surface area contributed by atoms with E-state index in [2.05, 4.69) is 44.0 Å². The van der Waals surface area contributed by atoms with Crippen LogP contribution in [0.3, 0.4) is 0 Å². The maximum absolute atomic E-state index is 12.5. The van der Waals surface area contributed by atoms with Crippen molar-refractivity contribution in [2.24, 2.45) is 0 Å². The number of hydrogen-bond acceptors (Lipinski definition) is 10.